The molecule has 0 aliphatic rings. The van der Waals surface area contributed by atoms with Crippen molar-refractivity contribution in [3.05, 3.63) is 30.3 Å². The van der Waals surface area contributed by atoms with Gasteiger partial charge in [-0.2, -0.15) is 0 Å². The smallest absolute Gasteiger partial charge is 0.211 e. The summed E-state index contributed by atoms with van der Waals surface area (Å²) in [7, 11) is -1.16. The Hall–Kier alpha value is -1.11. The molecular formula is C13H23N3O2S. The normalized spacial score (nSPS) is 11.5. The number of hydrogen-bond donors (Lipinski definition) is 2. The zero-order valence-electron chi connectivity index (χ0n) is 11.4. The van der Waals surface area contributed by atoms with Crippen LogP contribution in [0.2, 0.25) is 0 Å². The van der Waals surface area contributed by atoms with Gasteiger partial charge in [-0.1, -0.05) is 18.2 Å². The summed E-state index contributed by atoms with van der Waals surface area (Å²) in [4.78, 5) is 2.11. The van der Waals surface area contributed by atoms with Gasteiger partial charge in [0.15, 0.2) is 0 Å². The zero-order chi connectivity index (χ0) is 14.1. The molecule has 0 bridgehead atoms. The van der Waals surface area contributed by atoms with Crippen LogP contribution in [-0.4, -0.2) is 40.9 Å². The summed E-state index contributed by atoms with van der Waals surface area (Å²) in [5, 5.41) is 0. The molecule has 0 saturated carbocycles. The first-order valence-corrected chi connectivity index (χ1v) is 8.14. The van der Waals surface area contributed by atoms with E-state index in [0.29, 0.717) is 19.5 Å². The molecule has 108 valence electrons. The quantitative estimate of drug-likeness (QED) is 0.658. The monoisotopic (exact) mass is 285 g/mol. The maximum absolute atomic E-state index is 11.5. The van der Waals surface area contributed by atoms with E-state index in [0.717, 1.165) is 18.7 Å². The number of benzene rings is 1. The van der Waals surface area contributed by atoms with E-state index >= 15 is 0 Å². The maximum Gasteiger partial charge on any atom is 0.211 e. The Bertz CT molecular complexity index is 448. The summed E-state index contributed by atoms with van der Waals surface area (Å²) in [6.45, 7) is 1.67. The first-order chi connectivity index (χ1) is 9.05. The van der Waals surface area contributed by atoms with E-state index in [1.165, 1.54) is 0 Å². The molecule has 1 aromatic carbocycles. The van der Waals surface area contributed by atoms with Crippen molar-refractivity contribution in [3.8, 4) is 0 Å². The standard InChI is InChI=1S/C13H23N3O2S/c1-16(13-7-3-2-4-8-13)11-6-10-15-19(17,18)12-5-9-14/h2-4,7-8,15H,5-6,9-12,14H2,1H3. The van der Waals surface area contributed by atoms with Crippen molar-refractivity contribution in [2.45, 2.75) is 12.8 Å². The van der Waals surface area contributed by atoms with Gasteiger partial charge in [0.25, 0.3) is 0 Å². The summed E-state index contributed by atoms with van der Waals surface area (Å²) in [5.74, 6) is 0.109. The number of hydrogen-bond acceptors (Lipinski definition) is 4. The SMILES string of the molecule is CN(CCCNS(=O)(=O)CCCN)c1ccccc1. The molecule has 1 aromatic rings. The molecule has 0 aliphatic carbocycles. The Morgan fingerprint density at radius 2 is 1.89 bits per heavy atom. The highest BCUT2D eigenvalue weighted by Gasteiger charge is 2.08. The van der Waals surface area contributed by atoms with Crippen LogP contribution < -0.4 is 15.4 Å². The first-order valence-electron chi connectivity index (χ1n) is 6.49. The summed E-state index contributed by atoms with van der Waals surface area (Å²) in [5.41, 5.74) is 6.43. The second-order valence-corrected chi connectivity index (χ2v) is 6.39. The Balaban J connectivity index is 2.24. The molecule has 0 aliphatic heterocycles. The van der Waals surface area contributed by atoms with Crippen LogP contribution in [0.1, 0.15) is 12.8 Å². The fourth-order valence-corrected chi connectivity index (χ4v) is 2.85. The number of para-hydroxylation sites is 1. The molecule has 19 heavy (non-hydrogen) atoms. The van der Waals surface area contributed by atoms with Crippen LogP contribution >= 0.6 is 0 Å². The van der Waals surface area contributed by atoms with Crippen LogP contribution in [-0.2, 0) is 10.0 Å². The van der Waals surface area contributed by atoms with Gasteiger partial charge in [-0.05, 0) is 31.5 Å². The number of nitrogens with two attached hydrogens (primary N) is 1. The lowest BCUT2D eigenvalue weighted by atomic mass is 10.3. The Morgan fingerprint density at radius 1 is 1.21 bits per heavy atom. The highest BCUT2D eigenvalue weighted by atomic mass is 32.2. The van der Waals surface area contributed by atoms with Crippen molar-refractivity contribution in [2.24, 2.45) is 5.73 Å². The van der Waals surface area contributed by atoms with E-state index in [1.807, 2.05) is 37.4 Å². The van der Waals surface area contributed by atoms with Gasteiger partial charge in [0.1, 0.15) is 0 Å². The average Bonchev–Trinajstić information content (AvgIpc) is 2.42. The van der Waals surface area contributed by atoms with Gasteiger partial charge in [0, 0.05) is 25.8 Å². The average molecular weight is 285 g/mol. The number of rotatable bonds is 9. The van der Waals surface area contributed by atoms with Crippen molar-refractivity contribution in [3.63, 3.8) is 0 Å². The Kier molecular flexibility index (Phi) is 6.83. The minimum absolute atomic E-state index is 0.109. The molecule has 0 aromatic heterocycles. The fraction of sp³-hybridized carbons (Fsp3) is 0.538. The topological polar surface area (TPSA) is 75.4 Å². The van der Waals surface area contributed by atoms with Crippen LogP contribution in [0.15, 0.2) is 30.3 Å². The number of nitrogens with one attached hydrogen (secondary N) is 1. The van der Waals surface area contributed by atoms with E-state index in [4.69, 9.17) is 5.73 Å². The molecular weight excluding hydrogens is 262 g/mol. The van der Waals surface area contributed by atoms with Crippen LogP contribution in [0.25, 0.3) is 0 Å². The third-order valence-electron chi connectivity index (χ3n) is 2.81. The van der Waals surface area contributed by atoms with Gasteiger partial charge in [-0.3, -0.25) is 0 Å². The lowest BCUT2D eigenvalue weighted by molar-refractivity contribution is 0.576. The summed E-state index contributed by atoms with van der Waals surface area (Å²) in [6.07, 6.45) is 1.27. The molecule has 0 saturated heterocycles. The number of anilines is 1. The van der Waals surface area contributed by atoms with Crippen molar-refractivity contribution < 1.29 is 8.42 Å². The third-order valence-corrected chi connectivity index (χ3v) is 4.28. The van der Waals surface area contributed by atoms with E-state index in [2.05, 4.69) is 9.62 Å². The highest BCUT2D eigenvalue weighted by Crippen LogP contribution is 2.10. The lowest BCUT2D eigenvalue weighted by Gasteiger charge is -2.19. The van der Waals surface area contributed by atoms with Gasteiger partial charge in [-0.25, -0.2) is 13.1 Å². The molecule has 0 atom stereocenters. The van der Waals surface area contributed by atoms with Crippen molar-refractivity contribution in [1.29, 1.82) is 0 Å². The van der Waals surface area contributed by atoms with E-state index in [9.17, 15) is 8.42 Å². The van der Waals surface area contributed by atoms with Crippen LogP contribution in [0.5, 0.6) is 0 Å². The van der Waals surface area contributed by atoms with Crippen LogP contribution in [0.4, 0.5) is 5.69 Å². The molecule has 0 unspecified atom stereocenters. The summed E-state index contributed by atoms with van der Waals surface area (Å²) >= 11 is 0. The van der Waals surface area contributed by atoms with E-state index in [-0.39, 0.29) is 5.75 Å². The first kappa shape index (κ1) is 15.9. The molecule has 0 amide bonds. The molecule has 0 heterocycles. The third kappa shape index (κ3) is 6.56. The maximum atomic E-state index is 11.5. The largest absolute Gasteiger partial charge is 0.375 e. The second-order valence-electron chi connectivity index (χ2n) is 4.47. The predicted molar refractivity (Wildman–Crippen MR) is 79.8 cm³/mol. The molecule has 3 N–H and O–H groups in total. The van der Waals surface area contributed by atoms with Gasteiger partial charge in [-0.15, -0.1) is 0 Å². The van der Waals surface area contributed by atoms with Gasteiger partial charge < -0.3 is 10.6 Å². The molecule has 0 radical (unpaired) electrons. The van der Waals surface area contributed by atoms with Gasteiger partial charge in [0.05, 0.1) is 5.75 Å². The van der Waals surface area contributed by atoms with Gasteiger partial charge >= 0.3 is 0 Å². The summed E-state index contributed by atoms with van der Waals surface area (Å²) < 4.78 is 25.6. The second kappa shape index (κ2) is 8.14. The molecule has 0 spiro atoms. The van der Waals surface area contributed by atoms with Crippen LogP contribution in [0, 0.1) is 0 Å². The highest BCUT2D eigenvalue weighted by molar-refractivity contribution is 7.89. The van der Waals surface area contributed by atoms with Crippen molar-refractivity contribution in [2.75, 3.05) is 37.3 Å². The van der Waals surface area contributed by atoms with Crippen LogP contribution in [0.3, 0.4) is 0 Å². The van der Waals surface area contributed by atoms with E-state index < -0.39 is 10.0 Å². The fourth-order valence-electron chi connectivity index (χ4n) is 1.70. The van der Waals surface area contributed by atoms with Crippen molar-refractivity contribution in [1.82, 2.24) is 4.72 Å². The van der Waals surface area contributed by atoms with Gasteiger partial charge in [0.2, 0.25) is 10.0 Å². The molecule has 5 nitrogen and oxygen atoms in total. The zero-order valence-corrected chi connectivity index (χ0v) is 12.2. The predicted octanol–water partition coefficient (Wildman–Crippen LogP) is 0.781. The molecule has 0 fully saturated rings. The molecule has 6 heteroatoms. The Morgan fingerprint density at radius 3 is 2.53 bits per heavy atom. The lowest BCUT2D eigenvalue weighted by Crippen LogP contribution is -2.30. The minimum Gasteiger partial charge on any atom is -0.375 e. The number of nitrogens with zero attached hydrogens (tertiary/aromatic N) is 1. The van der Waals surface area contributed by atoms with Crippen molar-refractivity contribution >= 4 is 15.7 Å². The minimum atomic E-state index is -3.15. The summed E-state index contributed by atoms with van der Waals surface area (Å²) in [6, 6.07) is 10.0. The van der Waals surface area contributed by atoms with E-state index in [1.54, 1.807) is 0 Å². The molecule has 1 rings (SSSR count). The number of sulfonamides is 1. The Labute approximate surface area is 115 Å².